The van der Waals surface area contributed by atoms with Gasteiger partial charge in [0.2, 0.25) is 5.91 Å². The van der Waals surface area contributed by atoms with Crippen molar-refractivity contribution in [1.29, 1.82) is 5.26 Å². The SMILES string of the molecule is CCNC(=NCC(=O)N1CCCC1)NCCCc1nn(-c2ccc(F)cc2)c(N)c1C#N.I. The van der Waals surface area contributed by atoms with E-state index in [9.17, 15) is 14.4 Å². The number of anilines is 1. The van der Waals surface area contributed by atoms with Gasteiger partial charge in [0.25, 0.3) is 0 Å². The first-order valence-corrected chi connectivity index (χ1v) is 10.9. The second-order valence-electron chi connectivity index (χ2n) is 7.52. The molecule has 0 saturated carbocycles. The number of hydrogen-bond acceptors (Lipinski definition) is 5. The molecule has 1 saturated heterocycles. The van der Waals surface area contributed by atoms with E-state index in [0.29, 0.717) is 48.8 Å². The van der Waals surface area contributed by atoms with Gasteiger partial charge in [-0.25, -0.2) is 14.1 Å². The molecule has 1 fully saturated rings. The summed E-state index contributed by atoms with van der Waals surface area (Å²) in [5.41, 5.74) is 7.60. The Labute approximate surface area is 210 Å². The number of hydrogen-bond donors (Lipinski definition) is 3. The van der Waals surface area contributed by atoms with Crippen LogP contribution in [0.1, 0.15) is 37.4 Å². The van der Waals surface area contributed by atoms with Gasteiger partial charge in [0, 0.05) is 26.2 Å². The highest BCUT2D eigenvalue weighted by atomic mass is 127. The number of aliphatic imine (C=N–C) groups is 1. The number of nitrogens with one attached hydrogen (secondary N) is 2. The van der Waals surface area contributed by atoms with Gasteiger partial charge in [-0.3, -0.25) is 4.79 Å². The highest BCUT2D eigenvalue weighted by Crippen LogP contribution is 2.21. The van der Waals surface area contributed by atoms with Crippen LogP contribution in [0.5, 0.6) is 0 Å². The number of likely N-dealkylation sites (tertiary alicyclic amines) is 1. The van der Waals surface area contributed by atoms with Gasteiger partial charge in [-0.15, -0.1) is 24.0 Å². The molecule has 2 heterocycles. The second-order valence-corrected chi connectivity index (χ2v) is 7.52. The first-order chi connectivity index (χ1) is 15.5. The summed E-state index contributed by atoms with van der Waals surface area (Å²) >= 11 is 0. The first-order valence-electron chi connectivity index (χ1n) is 10.9. The van der Waals surface area contributed by atoms with Gasteiger partial charge in [0.05, 0.1) is 11.4 Å². The predicted octanol–water partition coefficient (Wildman–Crippen LogP) is 2.19. The number of nitrogens with two attached hydrogens (primary N) is 1. The lowest BCUT2D eigenvalue weighted by Crippen LogP contribution is -2.39. The van der Waals surface area contributed by atoms with Crippen LogP contribution in [0, 0.1) is 17.1 Å². The molecule has 0 aliphatic carbocycles. The Kier molecular flexibility index (Phi) is 10.4. The molecule has 2 aromatic rings. The summed E-state index contributed by atoms with van der Waals surface area (Å²) in [6, 6.07) is 7.88. The van der Waals surface area contributed by atoms with Crippen LogP contribution in [0.2, 0.25) is 0 Å². The first kappa shape index (κ1) is 26.4. The number of nitrogen functional groups attached to an aromatic ring is 1. The topological polar surface area (TPSA) is 124 Å². The highest BCUT2D eigenvalue weighted by molar-refractivity contribution is 14.0. The molecule has 0 atom stereocenters. The predicted molar refractivity (Wildman–Crippen MR) is 136 cm³/mol. The Bertz CT molecular complexity index is 993. The summed E-state index contributed by atoms with van der Waals surface area (Å²) in [6.07, 6.45) is 3.32. The van der Waals surface area contributed by atoms with Crippen molar-refractivity contribution in [1.82, 2.24) is 25.3 Å². The molecule has 4 N–H and O–H groups in total. The molecule has 1 aromatic heterocycles. The largest absolute Gasteiger partial charge is 0.382 e. The third-order valence-corrected chi connectivity index (χ3v) is 5.23. The lowest BCUT2D eigenvalue weighted by molar-refractivity contribution is -0.128. The molecule has 1 amide bonds. The van der Waals surface area contributed by atoms with Crippen LogP contribution in [0.3, 0.4) is 0 Å². The van der Waals surface area contributed by atoms with Crippen molar-refractivity contribution in [3.05, 3.63) is 41.3 Å². The molecule has 9 nitrogen and oxygen atoms in total. The Morgan fingerprint density at radius 1 is 1.27 bits per heavy atom. The highest BCUT2D eigenvalue weighted by Gasteiger charge is 2.18. The van der Waals surface area contributed by atoms with Crippen molar-refractivity contribution in [2.75, 3.05) is 38.5 Å². The zero-order chi connectivity index (χ0) is 22.9. The smallest absolute Gasteiger partial charge is 0.244 e. The van der Waals surface area contributed by atoms with Crippen LogP contribution < -0.4 is 16.4 Å². The lowest BCUT2D eigenvalue weighted by Gasteiger charge is -2.15. The van der Waals surface area contributed by atoms with E-state index in [1.165, 1.54) is 16.8 Å². The number of benzene rings is 1. The minimum Gasteiger partial charge on any atom is -0.382 e. The monoisotopic (exact) mass is 568 g/mol. The number of guanidine groups is 1. The van der Waals surface area contributed by atoms with Gasteiger partial charge >= 0.3 is 0 Å². The molecule has 33 heavy (non-hydrogen) atoms. The van der Waals surface area contributed by atoms with E-state index in [2.05, 4.69) is 26.8 Å². The van der Waals surface area contributed by atoms with E-state index in [4.69, 9.17) is 5.73 Å². The molecule has 1 aliphatic rings. The van der Waals surface area contributed by atoms with Gasteiger partial charge in [0.1, 0.15) is 29.8 Å². The maximum absolute atomic E-state index is 13.2. The summed E-state index contributed by atoms with van der Waals surface area (Å²) in [4.78, 5) is 18.4. The molecule has 1 aromatic carbocycles. The van der Waals surface area contributed by atoms with Crippen molar-refractivity contribution in [2.24, 2.45) is 4.99 Å². The summed E-state index contributed by atoms with van der Waals surface area (Å²) in [5, 5.41) is 20.3. The van der Waals surface area contributed by atoms with E-state index >= 15 is 0 Å². The molecule has 1 aliphatic heterocycles. The van der Waals surface area contributed by atoms with Crippen LogP contribution in [0.15, 0.2) is 29.3 Å². The number of nitrogens with zero attached hydrogens (tertiary/aromatic N) is 5. The van der Waals surface area contributed by atoms with Gasteiger partial charge in [-0.2, -0.15) is 10.4 Å². The number of aromatic nitrogens is 2. The van der Waals surface area contributed by atoms with Crippen molar-refractivity contribution in [3.63, 3.8) is 0 Å². The summed E-state index contributed by atoms with van der Waals surface area (Å²) < 4.78 is 14.7. The second kappa shape index (κ2) is 13.0. The van der Waals surface area contributed by atoms with Crippen molar-refractivity contribution in [3.8, 4) is 11.8 Å². The summed E-state index contributed by atoms with van der Waals surface area (Å²) in [7, 11) is 0. The number of rotatable bonds is 8. The zero-order valence-corrected chi connectivity index (χ0v) is 21.0. The normalized spacial score (nSPS) is 13.4. The Morgan fingerprint density at radius 3 is 2.61 bits per heavy atom. The Morgan fingerprint density at radius 2 is 1.97 bits per heavy atom. The number of carbonyl (C=O) groups excluding carboxylic acids is 1. The number of halogens is 2. The fraction of sp³-hybridized carbons (Fsp3) is 0.455. The molecule has 11 heteroatoms. The third kappa shape index (κ3) is 7.05. The molecule has 0 spiro atoms. The minimum absolute atomic E-state index is 0. The van der Waals surface area contributed by atoms with E-state index in [1.54, 1.807) is 12.1 Å². The molecular weight excluding hydrogens is 538 g/mol. The van der Waals surface area contributed by atoms with Gasteiger partial charge < -0.3 is 21.3 Å². The van der Waals surface area contributed by atoms with Crippen LogP contribution >= 0.6 is 24.0 Å². The molecule has 0 unspecified atom stereocenters. The van der Waals surface area contributed by atoms with Gasteiger partial charge in [0.15, 0.2) is 5.96 Å². The van der Waals surface area contributed by atoms with Crippen molar-refractivity contribution >= 4 is 41.7 Å². The zero-order valence-electron chi connectivity index (χ0n) is 18.7. The van der Waals surface area contributed by atoms with E-state index in [0.717, 1.165) is 25.9 Å². The number of amides is 1. The van der Waals surface area contributed by atoms with Crippen molar-refractivity contribution < 1.29 is 9.18 Å². The standard InChI is InChI=1S/C22H29FN8O.HI/c1-2-26-22(28-15-20(32)30-12-3-4-13-30)27-11-5-6-19-18(14-24)21(25)31(29-19)17-9-7-16(23)8-10-17;/h7-10H,2-6,11-13,15,25H2,1H3,(H2,26,27,28);1H. The van der Waals surface area contributed by atoms with E-state index in [-0.39, 0.29) is 48.1 Å². The maximum atomic E-state index is 13.2. The van der Waals surface area contributed by atoms with Crippen molar-refractivity contribution in [2.45, 2.75) is 32.6 Å². The average Bonchev–Trinajstić information content (AvgIpc) is 3.43. The van der Waals surface area contributed by atoms with Gasteiger partial charge in [-0.1, -0.05) is 0 Å². The quantitative estimate of drug-likeness (QED) is 0.194. The fourth-order valence-electron chi connectivity index (χ4n) is 3.57. The molecule has 0 radical (unpaired) electrons. The molecule has 178 valence electrons. The van der Waals surface area contributed by atoms with Crippen LogP contribution in [-0.4, -0.2) is 59.3 Å². The Hall–Kier alpha value is -2.88. The summed E-state index contributed by atoms with van der Waals surface area (Å²) in [5.74, 6) is 0.501. The molecule has 0 bridgehead atoms. The average molecular weight is 568 g/mol. The van der Waals surface area contributed by atoms with E-state index in [1.807, 2.05) is 11.8 Å². The maximum Gasteiger partial charge on any atom is 0.244 e. The molecule has 3 rings (SSSR count). The minimum atomic E-state index is -0.355. The molecular formula is C22H30FIN8O. The fourth-order valence-corrected chi connectivity index (χ4v) is 3.57. The third-order valence-electron chi connectivity index (χ3n) is 5.23. The van der Waals surface area contributed by atoms with Crippen LogP contribution in [0.4, 0.5) is 10.2 Å². The number of nitriles is 1. The number of aryl methyl sites for hydroxylation is 1. The summed E-state index contributed by atoms with van der Waals surface area (Å²) in [6.45, 7) is 4.97. The van der Waals surface area contributed by atoms with Gasteiger partial charge in [-0.05, 0) is 56.9 Å². The van der Waals surface area contributed by atoms with Crippen LogP contribution in [-0.2, 0) is 11.2 Å². The van der Waals surface area contributed by atoms with E-state index < -0.39 is 0 Å². The lowest BCUT2D eigenvalue weighted by atomic mass is 10.1. The van der Waals surface area contributed by atoms with Crippen LogP contribution in [0.25, 0.3) is 5.69 Å². The number of carbonyl (C=O) groups is 1. The Balaban J connectivity index is 0.00000385.